The molecule has 1 aliphatic rings. The number of benzene rings is 1. The van der Waals surface area contributed by atoms with E-state index >= 15 is 0 Å². The van der Waals surface area contributed by atoms with E-state index in [9.17, 15) is 9.59 Å². The molecule has 0 bridgehead atoms. The number of fused-ring (bicyclic) bond motifs is 1. The number of anilines is 1. The first-order valence-corrected chi connectivity index (χ1v) is 9.10. The minimum atomic E-state index is -0.312. The molecule has 128 valence electrons. The predicted octanol–water partition coefficient (Wildman–Crippen LogP) is 2.54. The topological polar surface area (TPSA) is 89.8 Å². The third-order valence-corrected chi connectivity index (χ3v) is 5.44. The second-order valence-corrected chi connectivity index (χ2v) is 7.18. The van der Waals surface area contributed by atoms with E-state index in [1.807, 2.05) is 6.07 Å². The molecule has 0 aliphatic heterocycles. The molecular weight excluding hydrogens is 338 g/mol. The van der Waals surface area contributed by atoms with Crippen LogP contribution in [0.3, 0.4) is 0 Å². The number of carbonyl (C=O) groups excluding carboxylic acids is 1. The van der Waals surface area contributed by atoms with Gasteiger partial charge in [0.15, 0.2) is 0 Å². The Kier molecular flexibility index (Phi) is 4.27. The van der Waals surface area contributed by atoms with Crippen molar-refractivity contribution in [1.29, 1.82) is 0 Å². The molecule has 0 atom stereocenters. The number of aromatic nitrogens is 4. The van der Waals surface area contributed by atoms with Crippen molar-refractivity contribution in [3.63, 3.8) is 0 Å². The maximum atomic E-state index is 12.4. The maximum Gasteiger partial charge on any atom is 0.261 e. The average Bonchev–Trinajstić information content (AvgIpc) is 3.29. The van der Waals surface area contributed by atoms with Gasteiger partial charge in [0, 0.05) is 5.92 Å². The molecule has 25 heavy (non-hydrogen) atoms. The summed E-state index contributed by atoms with van der Waals surface area (Å²) in [5, 5.41) is 12.9. The highest BCUT2D eigenvalue weighted by Crippen LogP contribution is 2.36. The maximum absolute atomic E-state index is 12.4. The van der Waals surface area contributed by atoms with Crippen molar-refractivity contribution in [2.24, 2.45) is 0 Å². The number of rotatable bonds is 4. The fraction of sp³-hybridized carbons (Fsp3) is 0.353. The fourth-order valence-electron chi connectivity index (χ4n) is 3.16. The van der Waals surface area contributed by atoms with Gasteiger partial charge in [0.25, 0.3) is 5.56 Å². The van der Waals surface area contributed by atoms with Crippen LogP contribution in [-0.2, 0) is 11.3 Å². The molecule has 0 spiro atoms. The van der Waals surface area contributed by atoms with Crippen LogP contribution in [0.2, 0.25) is 0 Å². The SMILES string of the molecule is O=C(Cn1cnc2ccccc2c1=O)Nc1nnc(C2CCCC2)s1. The second kappa shape index (κ2) is 6.72. The summed E-state index contributed by atoms with van der Waals surface area (Å²) >= 11 is 1.42. The fourth-order valence-corrected chi connectivity index (χ4v) is 4.08. The minimum absolute atomic E-state index is 0.102. The zero-order chi connectivity index (χ0) is 17.2. The van der Waals surface area contributed by atoms with Crippen LogP contribution in [0.15, 0.2) is 35.4 Å². The van der Waals surface area contributed by atoms with Gasteiger partial charge in [0.05, 0.1) is 17.2 Å². The highest BCUT2D eigenvalue weighted by molar-refractivity contribution is 7.15. The van der Waals surface area contributed by atoms with E-state index < -0.39 is 0 Å². The van der Waals surface area contributed by atoms with Crippen molar-refractivity contribution in [1.82, 2.24) is 19.7 Å². The summed E-state index contributed by atoms with van der Waals surface area (Å²) < 4.78 is 1.30. The first kappa shape index (κ1) is 15.9. The smallest absolute Gasteiger partial charge is 0.261 e. The zero-order valence-electron chi connectivity index (χ0n) is 13.5. The van der Waals surface area contributed by atoms with Crippen molar-refractivity contribution >= 4 is 33.3 Å². The molecule has 2 aromatic heterocycles. The van der Waals surface area contributed by atoms with E-state index in [0.29, 0.717) is 22.0 Å². The van der Waals surface area contributed by atoms with Crippen LogP contribution in [0.5, 0.6) is 0 Å². The molecule has 7 nitrogen and oxygen atoms in total. The lowest BCUT2D eigenvalue weighted by Gasteiger charge is -2.06. The van der Waals surface area contributed by atoms with Gasteiger partial charge < -0.3 is 0 Å². The Bertz CT molecular complexity index is 974. The van der Waals surface area contributed by atoms with Gasteiger partial charge in [0.1, 0.15) is 11.6 Å². The number of amides is 1. The van der Waals surface area contributed by atoms with E-state index in [1.165, 1.54) is 35.1 Å². The minimum Gasteiger partial charge on any atom is -0.299 e. The van der Waals surface area contributed by atoms with Gasteiger partial charge in [-0.05, 0) is 25.0 Å². The summed E-state index contributed by atoms with van der Waals surface area (Å²) in [5.41, 5.74) is 0.388. The molecule has 2 heterocycles. The number of nitrogens with one attached hydrogen (secondary N) is 1. The quantitative estimate of drug-likeness (QED) is 0.777. The summed E-state index contributed by atoms with van der Waals surface area (Å²) in [4.78, 5) is 28.9. The van der Waals surface area contributed by atoms with Crippen LogP contribution in [0, 0.1) is 0 Å². The van der Waals surface area contributed by atoms with E-state index in [2.05, 4.69) is 20.5 Å². The molecule has 1 amide bonds. The van der Waals surface area contributed by atoms with Crippen molar-refractivity contribution in [3.05, 3.63) is 46.0 Å². The molecule has 1 aromatic carbocycles. The van der Waals surface area contributed by atoms with Crippen LogP contribution in [0.1, 0.15) is 36.6 Å². The Morgan fingerprint density at radius 2 is 2.04 bits per heavy atom. The van der Waals surface area contributed by atoms with Crippen molar-refractivity contribution in [2.45, 2.75) is 38.1 Å². The van der Waals surface area contributed by atoms with Crippen LogP contribution in [0.4, 0.5) is 5.13 Å². The number of hydrogen-bond donors (Lipinski definition) is 1. The van der Waals surface area contributed by atoms with Crippen molar-refractivity contribution in [3.8, 4) is 0 Å². The Labute approximate surface area is 147 Å². The van der Waals surface area contributed by atoms with Crippen molar-refractivity contribution in [2.75, 3.05) is 5.32 Å². The summed E-state index contributed by atoms with van der Waals surface area (Å²) in [6.07, 6.45) is 6.13. The number of nitrogens with zero attached hydrogens (tertiary/aromatic N) is 4. The Balaban J connectivity index is 1.47. The Morgan fingerprint density at radius 1 is 1.24 bits per heavy atom. The second-order valence-electron chi connectivity index (χ2n) is 6.17. The van der Waals surface area contributed by atoms with E-state index in [0.717, 1.165) is 17.8 Å². The molecule has 0 saturated heterocycles. The number of hydrogen-bond acceptors (Lipinski definition) is 6. The van der Waals surface area contributed by atoms with Gasteiger partial charge in [-0.25, -0.2) is 4.98 Å². The summed E-state index contributed by atoms with van der Waals surface area (Å²) in [5.74, 6) is 0.156. The third-order valence-electron chi connectivity index (χ3n) is 4.44. The first-order valence-electron chi connectivity index (χ1n) is 8.28. The van der Waals surface area contributed by atoms with Crippen LogP contribution < -0.4 is 10.9 Å². The van der Waals surface area contributed by atoms with Gasteiger partial charge in [0.2, 0.25) is 11.0 Å². The number of carbonyl (C=O) groups is 1. The summed E-state index contributed by atoms with van der Waals surface area (Å²) in [6.45, 7) is -0.102. The van der Waals surface area contributed by atoms with E-state index in [4.69, 9.17) is 0 Å². The summed E-state index contributed by atoms with van der Waals surface area (Å²) in [7, 11) is 0. The lowest BCUT2D eigenvalue weighted by Crippen LogP contribution is -2.27. The van der Waals surface area contributed by atoms with Gasteiger partial charge in [-0.2, -0.15) is 0 Å². The number of para-hydroxylation sites is 1. The molecule has 1 fully saturated rings. The van der Waals surface area contributed by atoms with Crippen LogP contribution in [0.25, 0.3) is 10.9 Å². The first-order chi connectivity index (χ1) is 12.2. The van der Waals surface area contributed by atoms with Crippen LogP contribution in [-0.4, -0.2) is 25.7 Å². The van der Waals surface area contributed by atoms with Crippen molar-refractivity contribution < 1.29 is 4.79 Å². The van der Waals surface area contributed by atoms with Gasteiger partial charge in [-0.3, -0.25) is 19.5 Å². The Hall–Kier alpha value is -2.61. The molecule has 4 rings (SSSR count). The lowest BCUT2D eigenvalue weighted by molar-refractivity contribution is -0.116. The van der Waals surface area contributed by atoms with Gasteiger partial charge in [-0.15, -0.1) is 10.2 Å². The lowest BCUT2D eigenvalue weighted by atomic mass is 10.1. The normalized spacial score (nSPS) is 14.9. The molecule has 0 radical (unpaired) electrons. The summed E-state index contributed by atoms with van der Waals surface area (Å²) in [6, 6.07) is 7.08. The third kappa shape index (κ3) is 3.30. The van der Waals surface area contributed by atoms with E-state index in [-0.39, 0.29) is 18.0 Å². The van der Waals surface area contributed by atoms with Crippen LogP contribution >= 0.6 is 11.3 Å². The molecule has 1 saturated carbocycles. The molecule has 1 aliphatic carbocycles. The zero-order valence-corrected chi connectivity index (χ0v) is 14.3. The molecule has 3 aromatic rings. The highest BCUT2D eigenvalue weighted by Gasteiger charge is 2.21. The van der Waals surface area contributed by atoms with E-state index in [1.54, 1.807) is 18.2 Å². The average molecular weight is 355 g/mol. The largest absolute Gasteiger partial charge is 0.299 e. The monoisotopic (exact) mass is 355 g/mol. The Morgan fingerprint density at radius 3 is 2.88 bits per heavy atom. The standard InChI is InChI=1S/C17H17N5O2S/c23-14(19-17-21-20-15(25-17)11-5-1-2-6-11)9-22-10-18-13-8-4-3-7-12(13)16(22)24/h3-4,7-8,10-11H,1-2,5-6,9H2,(H,19,21,23). The molecule has 0 unspecified atom stereocenters. The molecular formula is C17H17N5O2S. The molecule has 1 N–H and O–H groups in total. The van der Waals surface area contributed by atoms with Gasteiger partial charge in [-0.1, -0.05) is 36.3 Å². The molecule has 8 heteroatoms. The van der Waals surface area contributed by atoms with Gasteiger partial charge >= 0.3 is 0 Å². The predicted molar refractivity (Wildman–Crippen MR) is 95.8 cm³/mol. The highest BCUT2D eigenvalue weighted by atomic mass is 32.1.